The van der Waals surface area contributed by atoms with Gasteiger partial charge in [0.1, 0.15) is 12.4 Å². The third kappa shape index (κ3) is 6.74. The van der Waals surface area contributed by atoms with Crippen molar-refractivity contribution in [1.29, 1.82) is 0 Å². The SMILES string of the molecule is COc1cc(CNCCc2ccc(Cl)cc2Cl)c(Br)cc1OCc1ccc(F)cc1Cl. The van der Waals surface area contributed by atoms with Gasteiger partial charge in [0, 0.05) is 26.6 Å². The van der Waals surface area contributed by atoms with Crippen LogP contribution < -0.4 is 14.8 Å². The second-order valence-corrected chi connectivity index (χ2v) is 8.89. The molecule has 0 radical (unpaired) electrons. The van der Waals surface area contributed by atoms with Crippen molar-refractivity contribution in [2.24, 2.45) is 0 Å². The quantitative estimate of drug-likeness (QED) is 0.282. The molecule has 3 rings (SSSR count). The van der Waals surface area contributed by atoms with Gasteiger partial charge < -0.3 is 14.8 Å². The van der Waals surface area contributed by atoms with E-state index >= 15 is 0 Å². The van der Waals surface area contributed by atoms with Gasteiger partial charge in [-0.3, -0.25) is 0 Å². The van der Waals surface area contributed by atoms with Crippen molar-refractivity contribution in [3.63, 3.8) is 0 Å². The highest BCUT2D eigenvalue weighted by Gasteiger charge is 2.12. The number of ether oxygens (including phenoxy) is 2. The van der Waals surface area contributed by atoms with Crippen LogP contribution in [0.2, 0.25) is 15.1 Å². The molecule has 0 spiro atoms. The van der Waals surface area contributed by atoms with Gasteiger partial charge in [0.05, 0.1) is 12.1 Å². The maximum atomic E-state index is 13.2. The molecule has 3 aromatic carbocycles. The van der Waals surface area contributed by atoms with Crippen LogP contribution in [0.3, 0.4) is 0 Å². The Bertz CT molecular complexity index is 1070. The van der Waals surface area contributed by atoms with Crippen LogP contribution in [0.1, 0.15) is 16.7 Å². The molecule has 1 N–H and O–H groups in total. The number of methoxy groups -OCH3 is 1. The molecule has 0 atom stereocenters. The number of hydrogen-bond acceptors (Lipinski definition) is 3. The minimum absolute atomic E-state index is 0.196. The molecule has 0 amide bonds. The summed E-state index contributed by atoms with van der Waals surface area (Å²) in [5.74, 6) is 0.773. The predicted octanol–water partition coefficient (Wildman–Crippen LogP) is 7.47. The van der Waals surface area contributed by atoms with Gasteiger partial charge in [0.2, 0.25) is 0 Å². The fourth-order valence-electron chi connectivity index (χ4n) is 2.95. The molecule has 0 aliphatic rings. The molecule has 0 saturated heterocycles. The zero-order chi connectivity index (χ0) is 22.4. The molecular weight excluding hydrogens is 528 g/mol. The van der Waals surface area contributed by atoms with Crippen LogP contribution in [0.4, 0.5) is 4.39 Å². The Kier molecular flexibility index (Phi) is 8.87. The second-order valence-electron chi connectivity index (χ2n) is 6.78. The first-order valence-corrected chi connectivity index (χ1v) is 11.4. The van der Waals surface area contributed by atoms with Crippen LogP contribution in [-0.2, 0) is 19.6 Å². The van der Waals surface area contributed by atoms with Crippen LogP contribution >= 0.6 is 50.7 Å². The first-order chi connectivity index (χ1) is 14.9. The Morgan fingerprint density at radius 1 is 0.903 bits per heavy atom. The van der Waals surface area contributed by atoms with Gasteiger partial charge in [-0.15, -0.1) is 0 Å². The second kappa shape index (κ2) is 11.4. The molecule has 8 heteroatoms. The Hall–Kier alpha value is -1.50. The maximum absolute atomic E-state index is 13.2. The zero-order valence-electron chi connectivity index (χ0n) is 16.7. The van der Waals surface area contributed by atoms with Gasteiger partial charge in [-0.25, -0.2) is 4.39 Å². The van der Waals surface area contributed by atoms with Crippen LogP contribution in [0.5, 0.6) is 11.5 Å². The van der Waals surface area contributed by atoms with E-state index in [1.54, 1.807) is 19.2 Å². The van der Waals surface area contributed by atoms with E-state index in [9.17, 15) is 4.39 Å². The van der Waals surface area contributed by atoms with Crippen molar-refractivity contribution in [2.45, 2.75) is 19.6 Å². The molecule has 3 nitrogen and oxygen atoms in total. The largest absolute Gasteiger partial charge is 0.493 e. The van der Waals surface area contributed by atoms with E-state index in [2.05, 4.69) is 21.2 Å². The average molecular weight is 548 g/mol. The molecule has 31 heavy (non-hydrogen) atoms. The maximum Gasteiger partial charge on any atom is 0.162 e. The summed E-state index contributed by atoms with van der Waals surface area (Å²) in [5, 5.41) is 5.02. The fraction of sp³-hybridized carbons (Fsp3) is 0.217. The highest BCUT2D eigenvalue weighted by Crippen LogP contribution is 2.34. The lowest BCUT2D eigenvalue weighted by Crippen LogP contribution is -2.17. The van der Waals surface area contributed by atoms with Crippen molar-refractivity contribution in [2.75, 3.05) is 13.7 Å². The first kappa shape index (κ1) is 24.1. The Morgan fingerprint density at radius 3 is 2.35 bits per heavy atom. The highest BCUT2D eigenvalue weighted by molar-refractivity contribution is 9.10. The summed E-state index contributed by atoms with van der Waals surface area (Å²) in [6.45, 7) is 1.57. The van der Waals surface area contributed by atoms with Crippen LogP contribution in [0.25, 0.3) is 0 Å². The van der Waals surface area contributed by atoms with Crippen molar-refractivity contribution in [1.82, 2.24) is 5.32 Å². The number of hydrogen-bond donors (Lipinski definition) is 1. The number of nitrogens with one attached hydrogen (secondary N) is 1. The van der Waals surface area contributed by atoms with Crippen LogP contribution in [0.15, 0.2) is 53.0 Å². The van der Waals surface area contributed by atoms with Crippen LogP contribution in [-0.4, -0.2) is 13.7 Å². The summed E-state index contributed by atoms with van der Waals surface area (Å²) in [7, 11) is 1.58. The number of rotatable bonds is 9. The summed E-state index contributed by atoms with van der Waals surface area (Å²) in [6.07, 6.45) is 0.782. The van der Waals surface area contributed by atoms with E-state index in [4.69, 9.17) is 44.3 Å². The van der Waals surface area contributed by atoms with E-state index in [1.165, 1.54) is 12.1 Å². The van der Waals surface area contributed by atoms with Crippen molar-refractivity contribution < 1.29 is 13.9 Å². The molecule has 0 fully saturated rings. The predicted molar refractivity (Wildman–Crippen MR) is 128 cm³/mol. The lowest BCUT2D eigenvalue weighted by molar-refractivity contribution is 0.284. The van der Waals surface area contributed by atoms with E-state index in [1.807, 2.05) is 24.3 Å². The minimum atomic E-state index is -0.385. The molecule has 0 aromatic heterocycles. The third-order valence-electron chi connectivity index (χ3n) is 4.63. The average Bonchev–Trinajstić information content (AvgIpc) is 2.73. The summed E-state index contributed by atoms with van der Waals surface area (Å²) < 4.78 is 25.5. The van der Waals surface area contributed by atoms with Gasteiger partial charge in [0.25, 0.3) is 0 Å². The third-order valence-corrected chi connectivity index (χ3v) is 6.31. The lowest BCUT2D eigenvalue weighted by atomic mass is 10.1. The molecule has 0 saturated carbocycles. The lowest BCUT2D eigenvalue weighted by Gasteiger charge is -2.15. The van der Waals surface area contributed by atoms with Gasteiger partial charge in [-0.2, -0.15) is 0 Å². The number of benzene rings is 3. The van der Waals surface area contributed by atoms with Crippen LogP contribution in [0, 0.1) is 5.82 Å². The summed E-state index contributed by atoms with van der Waals surface area (Å²) in [4.78, 5) is 0. The molecular formula is C23H20BrCl3FNO2. The molecule has 0 bridgehead atoms. The molecule has 0 unspecified atom stereocenters. The van der Waals surface area contributed by atoms with E-state index in [0.29, 0.717) is 38.7 Å². The number of halogens is 5. The standard InChI is InChI=1S/C23H20BrCl3FNO2/c1-30-22-8-16(12-29-7-6-14-2-4-17(25)9-20(14)26)19(24)11-23(22)31-13-15-3-5-18(28)10-21(15)27/h2-5,8-11,29H,6-7,12-13H2,1H3. The Balaban J connectivity index is 1.60. The summed E-state index contributed by atoms with van der Waals surface area (Å²) in [5.41, 5.74) is 2.75. The summed E-state index contributed by atoms with van der Waals surface area (Å²) in [6, 6.07) is 13.5. The fourth-order valence-corrected chi connectivity index (χ4v) is 4.14. The van der Waals surface area contributed by atoms with Gasteiger partial charge >= 0.3 is 0 Å². The monoisotopic (exact) mass is 545 g/mol. The Morgan fingerprint density at radius 2 is 1.65 bits per heavy atom. The topological polar surface area (TPSA) is 30.5 Å². The minimum Gasteiger partial charge on any atom is -0.493 e. The Labute approximate surface area is 204 Å². The van der Waals surface area contributed by atoms with Crippen molar-refractivity contribution in [3.05, 3.63) is 90.6 Å². The molecule has 164 valence electrons. The smallest absolute Gasteiger partial charge is 0.162 e. The van der Waals surface area contributed by atoms with Gasteiger partial charge in [-0.05, 0) is 60.5 Å². The first-order valence-electron chi connectivity index (χ1n) is 9.45. The molecule has 0 heterocycles. The molecule has 0 aliphatic carbocycles. The van der Waals surface area contributed by atoms with Crippen molar-refractivity contribution >= 4 is 50.7 Å². The molecule has 0 aliphatic heterocycles. The van der Waals surface area contributed by atoms with E-state index in [-0.39, 0.29) is 12.4 Å². The van der Waals surface area contributed by atoms with Crippen molar-refractivity contribution in [3.8, 4) is 11.5 Å². The van der Waals surface area contributed by atoms with E-state index in [0.717, 1.165) is 28.6 Å². The van der Waals surface area contributed by atoms with Gasteiger partial charge in [0.15, 0.2) is 11.5 Å². The molecule has 3 aromatic rings. The van der Waals surface area contributed by atoms with Gasteiger partial charge in [-0.1, -0.05) is 62.9 Å². The van der Waals surface area contributed by atoms with E-state index < -0.39 is 0 Å². The zero-order valence-corrected chi connectivity index (χ0v) is 20.5. The highest BCUT2D eigenvalue weighted by atomic mass is 79.9. The summed E-state index contributed by atoms with van der Waals surface area (Å²) >= 11 is 21.8. The normalized spacial score (nSPS) is 10.9.